The van der Waals surface area contributed by atoms with Crippen LogP contribution in [0.3, 0.4) is 0 Å². The number of benzene rings is 4. The van der Waals surface area contributed by atoms with Crippen LogP contribution in [0.5, 0.6) is 17.2 Å². The van der Waals surface area contributed by atoms with Crippen LogP contribution in [0.25, 0.3) is 28.7 Å². The number of amides is 1. The van der Waals surface area contributed by atoms with Gasteiger partial charge in [0.15, 0.2) is 11.5 Å². The van der Waals surface area contributed by atoms with Gasteiger partial charge < -0.3 is 19.1 Å². The van der Waals surface area contributed by atoms with E-state index in [1.54, 1.807) is 23.8 Å². The lowest BCUT2D eigenvalue weighted by Gasteiger charge is -2.20. The molecule has 2 aliphatic rings. The molecule has 9 heteroatoms. The molecular formula is C40H38N4O5. The lowest BCUT2D eigenvalue weighted by atomic mass is 10.1. The highest BCUT2D eigenvalue weighted by atomic mass is 16.5. The molecule has 1 atom stereocenters. The topological polar surface area (TPSA) is 95.2 Å². The molecule has 1 amide bonds. The molecule has 0 N–H and O–H groups in total. The van der Waals surface area contributed by atoms with Crippen molar-refractivity contribution < 1.29 is 19.0 Å². The highest BCUT2D eigenvalue weighted by Crippen LogP contribution is 2.38. The molecular weight excluding hydrogens is 616 g/mol. The number of hydrogen-bond acceptors (Lipinski definition) is 7. The van der Waals surface area contributed by atoms with Crippen molar-refractivity contribution in [1.29, 1.82) is 0 Å². The summed E-state index contributed by atoms with van der Waals surface area (Å²) in [4.78, 5) is 38.0. The average molecular weight is 655 g/mol. The Morgan fingerprint density at radius 3 is 2.43 bits per heavy atom. The second kappa shape index (κ2) is 14.6. The van der Waals surface area contributed by atoms with Crippen molar-refractivity contribution in [2.75, 3.05) is 26.9 Å². The summed E-state index contributed by atoms with van der Waals surface area (Å²) in [6, 6.07) is 28.5. The quantitative estimate of drug-likeness (QED) is 0.129. The molecule has 248 valence electrons. The third kappa shape index (κ3) is 6.97. The lowest BCUT2D eigenvalue weighted by molar-refractivity contribution is 0.0774. The van der Waals surface area contributed by atoms with Crippen LogP contribution in [0.15, 0.2) is 101 Å². The number of aromatic nitrogens is 2. The molecule has 49 heavy (non-hydrogen) atoms. The summed E-state index contributed by atoms with van der Waals surface area (Å²) in [5.41, 5.74) is 3.44. The fraction of sp³-hybridized carbons (Fsp3) is 0.250. The third-order valence-electron chi connectivity index (χ3n) is 8.89. The molecule has 0 aliphatic carbocycles. The summed E-state index contributed by atoms with van der Waals surface area (Å²) in [7, 11) is 1.58. The van der Waals surface area contributed by atoms with Crippen molar-refractivity contribution in [3.8, 4) is 22.9 Å². The minimum absolute atomic E-state index is 0.00478. The standard InChI is InChI=1S/C40H38N4O5/c1-47-36-25-33-35(41-27-30-13-10-22-43(30)39(33)45)26-37(36)49-24-9-3-8-23-48-31-19-17-29(18-20-31)44-38(21-16-28-11-4-2-5-12-28)42-34-15-7-6-14-32(34)40(44)46/h2,4-7,11-12,14-21,25-27,30H,3,8-10,13,22-24H2,1H3/b21-16+/t30-/m0/s1. The first-order valence-corrected chi connectivity index (χ1v) is 16.8. The fourth-order valence-corrected chi connectivity index (χ4v) is 6.31. The van der Waals surface area contributed by atoms with Crippen LogP contribution in [0, 0.1) is 0 Å². The normalized spacial score (nSPS) is 15.3. The van der Waals surface area contributed by atoms with E-state index in [1.807, 2.05) is 102 Å². The number of ether oxygens (including phenoxy) is 3. The van der Waals surface area contributed by atoms with Gasteiger partial charge in [0.25, 0.3) is 11.5 Å². The smallest absolute Gasteiger partial charge is 0.266 e. The van der Waals surface area contributed by atoms with Crippen LogP contribution in [0.4, 0.5) is 5.69 Å². The Bertz CT molecular complexity index is 2070. The molecule has 9 nitrogen and oxygen atoms in total. The van der Waals surface area contributed by atoms with E-state index in [0.29, 0.717) is 58.4 Å². The summed E-state index contributed by atoms with van der Waals surface area (Å²) in [5.74, 6) is 2.40. The molecule has 2 aliphatic heterocycles. The first-order chi connectivity index (χ1) is 24.1. The maximum absolute atomic E-state index is 13.6. The van der Waals surface area contributed by atoms with Crippen molar-refractivity contribution in [3.63, 3.8) is 0 Å². The predicted octanol–water partition coefficient (Wildman–Crippen LogP) is 7.51. The number of fused-ring (bicyclic) bond motifs is 3. The summed E-state index contributed by atoms with van der Waals surface area (Å²) in [6.45, 7) is 1.81. The molecule has 0 radical (unpaired) electrons. The van der Waals surface area contributed by atoms with E-state index >= 15 is 0 Å². The minimum Gasteiger partial charge on any atom is -0.494 e. The van der Waals surface area contributed by atoms with E-state index in [1.165, 1.54) is 0 Å². The monoisotopic (exact) mass is 654 g/mol. The molecule has 1 fully saturated rings. The highest BCUT2D eigenvalue weighted by Gasteiger charge is 2.32. The van der Waals surface area contributed by atoms with Crippen LogP contribution in [-0.4, -0.2) is 59.5 Å². The van der Waals surface area contributed by atoms with Gasteiger partial charge >= 0.3 is 0 Å². The number of carbonyl (C=O) groups is 1. The van der Waals surface area contributed by atoms with E-state index < -0.39 is 0 Å². The number of nitrogens with zero attached hydrogens (tertiary/aromatic N) is 4. The van der Waals surface area contributed by atoms with Crippen molar-refractivity contribution >= 4 is 40.9 Å². The van der Waals surface area contributed by atoms with Crippen LogP contribution >= 0.6 is 0 Å². The van der Waals surface area contributed by atoms with Crippen LogP contribution in [-0.2, 0) is 0 Å². The van der Waals surface area contributed by atoms with E-state index in [-0.39, 0.29) is 17.5 Å². The average Bonchev–Trinajstić information content (AvgIpc) is 3.57. The number of hydrogen-bond donors (Lipinski definition) is 0. The van der Waals surface area contributed by atoms with Gasteiger partial charge in [-0.2, -0.15) is 0 Å². The molecule has 0 saturated carbocycles. The van der Waals surface area contributed by atoms with Gasteiger partial charge in [0.1, 0.15) is 11.6 Å². The Balaban J connectivity index is 0.941. The SMILES string of the molecule is COc1cc2c(cc1OCCCCCOc1ccc(-n3c(/C=C/c4ccccc4)nc4ccccc4c3=O)cc1)N=C[C@@H]1CCCN1C2=O. The van der Waals surface area contributed by atoms with E-state index in [2.05, 4.69) is 4.99 Å². The van der Waals surface area contributed by atoms with Gasteiger partial charge in [0.2, 0.25) is 0 Å². The molecule has 5 aromatic rings. The zero-order valence-corrected chi connectivity index (χ0v) is 27.5. The van der Waals surface area contributed by atoms with E-state index in [0.717, 1.165) is 50.0 Å². The first-order valence-electron chi connectivity index (χ1n) is 16.8. The lowest BCUT2D eigenvalue weighted by Crippen LogP contribution is -2.35. The van der Waals surface area contributed by atoms with Gasteiger partial charge in [-0.15, -0.1) is 0 Å². The molecule has 1 saturated heterocycles. The number of rotatable bonds is 12. The van der Waals surface area contributed by atoms with Gasteiger partial charge in [-0.3, -0.25) is 19.1 Å². The van der Waals surface area contributed by atoms with E-state index in [9.17, 15) is 9.59 Å². The first kappa shape index (κ1) is 31.9. The zero-order chi connectivity index (χ0) is 33.6. The van der Waals surface area contributed by atoms with Crippen LogP contribution < -0.4 is 19.8 Å². The third-order valence-corrected chi connectivity index (χ3v) is 8.89. The summed E-state index contributed by atoms with van der Waals surface area (Å²) < 4.78 is 19.3. The second-order valence-corrected chi connectivity index (χ2v) is 12.1. The molecule has 0 spiro atoms. The van der Waals surface area contributed by atoms with Gasteiger partial charge in [0, 0.05) is 18.8 Å². The number of methoxy groups -OCH3 is 1. The fourth-order valence-electron chi connectivity index (χ4n) is 6.31. The minimum atomic E-state index is -0.126. The Morgan fingerprint density at radius 1 is 0.837 bits per heavy atom. The number of para-hydroxylation sites is 1. The van der Waals surface area contributed by atoms with Gasteiger partial charge in [-0.05, 0) is 86.2 Å². The largest absolute Gasteiger partial charge is 0.494 e. The van der Waals surface area contributed by atoms with Crippen molar-refractivity contribution in [2.45, 2.75) is 38.1 Å². The van der Waals surface area contributed by atoms with E-state index in [4.69, 9.17) is 19.2 Å². The van der Waals surface area contributed by atoms with Crippen molar-refractivity contribution in [1.82, 2.24) is 14.5 Å². The molecule has 0 unspecified atom stereocenters. The molecule has 4 aromatic carbocycles. The number of unbranched alkanes of at least 4 members (excludes halogenated alkanes) is 2. The van der Waals surface area contributed by atoms with Crippen LogP contribution in [0.1, 0.15) is 53.8 Å². The van der Waals surface area contributed by atoms with Gasteiger partial charge in [-0.25, -0.2) is 4.98 Å². The zero-order valence-electron chi connectivity index (χ0n) is 27.5. The summed E-state index contributed by atoms with van der Waals surface area (Å²) >= 11 is 0. The molecule has 0 bridgehead atoms. The Morgan fingerprint density at radius 2 is 1.61 bits per heavy atom. The van der Waals surface area contributed by atoms with Crippen molar-refractivity contribution in [3.05, 3.63) is 118 Å². The van der Waals surface area contributed by atoms with Gasteiger partial charge in [0.05, 0.1) is 54.2 Å². The molecule has 1 aromatic heterocycles. The second-order valence-electron chi connectivity index (χ2n) is 12.1. The highest BCUT2D eigenvalue weighted by molar-refractivity contribution is 6.03. The number of aliphatic imine (C=N–C) groups is 1. The molecule has 3 heterocycles. The Hall–Kier alpha value is -5.70. The Labute approximate surface area is 285 Å². The van der Waals surface area contributed by atoms with Gasteiger partial charge in [-0.1, -0.05) is 48.5 Å². The number of carbonyl (C=O) groups excluding carboxylic acids is 1. The van der Waals surface area contributed by atoms with Crippen LogP contribution in [0.2, 0.25) is 0 Å². The summed E-state index contributed by atoms with van der Waals surface area (Å²) in [5, 5.41) is 0.563. The maximum atomic E-state index is 13.6. The predicted molar refractivity (Wildman–Crippen MR) is 193 cm³/mol. The van der Waals surface area contributed by atoms with Crippen molar-refractivity contribution in [2.24, 2.45) is 4.99 Å². The molecule has 7 rings (SSSR count). The Kier molecular flexibility index (Phi) is 9.50. The maximum Gasteiger partial charge on any atom is 0.266 e. The summed E-state index contributed by atoms with van der Waals surface area (Å²) in [6.07, 6.45) is 10.2.